The molecule has 1 amide bonds. The van der Waals surface area contributed by atoms with Crippen LogP contribution in [0.5, 0.6) is 0 Å². The molecule has 2 aromatic carbocycles. The minimum Gasteiger partial charge on any atom is -0.389 e. The second kappa shape index (κ2) is 9.18. The summed E-state index contributed by atoms with van der Waals surface area (Å²) in [6, 6.07) is 14.0. The third-order valence-corrected chi connectivity index (χ3v) is 4.22. The monoisotopic (exact) mass is 449 g/mol. The standard InChI is InChI=1S/C19H17FIN3O/c1-13-10-16(21)6-7-18(13)24-19(25)15(11-22)12-23-9-8-14-4-2-3-5-17(14)20/h2-7,10,12,23H,8-9H2,1H3,(H,24,25)/b15-12-. The summed E-state index contributed by atoms with van der Waals surface area (Å²) in [6.45, 7) is 2.31. The lowest BCUT2D eigenvalue weighted by Crippen LogP contribution is -2.18. The number of nitrogens with one attached hydrogen (secondary N) is 2. The molecule has 0 saturated heterocycles. The van der Waals surface area contributed by atoms with Gasteiger partial charge in [-0.05, 0) is 71.3 Å². The van der Waals surface area contributed by atoms with Crippen molar-refractivity contribution >= 4 is 34.2 Å². The summed E-state index contributed by atoms with van der Waals surface area (Å²) in [4.78, 5) is 12.2. The first-order valence-electron chi connectivity index (χ1n) is 7.66. The molecule has 2 N–H and O–H groups in total. The van der Waals surface area contributed by atoms with Crippen molar-refractivity contribution in [1.82, 2.24) is 5.32 Å². The summed E-state index contributed by atoms with van der Waals surface area (Å²) >= 11 is 2.19. The molecule has 0 unspecified atom stereocenters. The van der Waals surface area contributed by atoms with Crippen molar-refractivity contribution in [2.24, 2.45) is 0 Å². The number of hydrogen-bond donors (Lipinski definition) is 2. The van der Waals surface area contributed by atoms with Gasteiger partial charge in [0.2, 0.25) is 0 Å². The van der Waals surface area contributed by atoms with Gasteiger partial charge >= 0.3 is 0 Å². The van der Waals surface area contributed by atoms with Gasteiger partial charge in [0.25, 0.3) is 5.91 Å². The Labute approximate surface area is 159 Å². The lowest BCUT2D eigenvalue weighted by atomic mass is 10.1. The maximum atomic E-state index is 13.5. The van der Waals surface area contributed by atoms with Crippen LogP contribution in [0, 0.1) is 27.6 Å². The van der Waals surface area contributed by atoms with E-state index in [0.717, 1.165) is 9.13 Å². The van der Waals surface area contributed by atoms with Gasteiger partial charge in [-0.1, -0.05) is 18.2 Å². The summed E-state index contributed by atoms with van der Waals surface area (Å²) in [5.41, 5.74) is 2.13. The molecule has 2 aromatic rings. The van der Waals surface area contributed by atoms with E-state index >= 15 is 0 Å². The summed E-state index contributed by atoms with van der Waals surface area (Å²) < 4.78 is 14.6. The van der Waals surface area contributed by atoms with Crippen LogP contribution in [0.4, 0.5) is 10.1 Å². The molecule has 0 aliphatic rings. The zero-order valence-electron chi connectivity index (χ0n) is 13.6. The first kappa shape index (κ1) is 18.9. The third kappa shape index (κ3) is 5.57. The fourth-order valence-electron chi connectivity index (χ4n) is 2.19. The van der Waals surface area contributed by atoms with Gasteiger partial charge in [0.05, 0.1) is 0 Å². The molecule has 25 heavy (non-hydrogen) atoms. The number of rotatable bonds is 6. The van der Waals surface area contributed by atoms with E-state index in [9.17, 15) is 9.18 Å². The predicted molar refractivity (Wildman–Crippen MR) is 104 cm³/mol. The van der Waals surface area contributed by atoms with E-state index in [2.05, 4.69) is 33.2 Å². The van der Waals surface area contributed by atoms with Gasteiger partial charge in [-0.15, -0.1) is 0 Å². The van der Waals surface area contributed by atoms with E-state index in [4.69, 9.17) is 5.26 Å². The number of halogens is 2. The maximum Gasteiger partial charge on any atom is 0.267 e. The first-order valence-corrected chi connectivity index (χ1v) is 8.73. The average Bonchev–Trinajstić information content (AvgIpc) is 2.59. The molecule has 0 atom stereocenters. The van der Waals surface area contributed by atoms with Gasteiger partial charge < -0.3 is 10.6 Å². The Hall–Kier alpha value is -2.40. The quantitative estimate of drug-likeness (QED) is 0.304. The number of carbonyl (C=O) groups is 1. The van der Waals surface area contributed by atoms with Gasteiger partial charge in [0.1, 0.15) is 17.5 Å². The summed E-state index contributed by atoms with van der Waals surface area (Å²) in [5, 5.41) is 14.8. The van der Waals surface area contributed by atoms with Crippen LogP contribution in [-0.2, 0) is 11.2 Å². The smallest absolute Gasteiger partial charge is 0.267 e. The zero-order chi connectivity index (χ0) is 18.2. The average molecular weight is 449 g/mol. The first-order chi connectivity index (χ1) is 12.0. The molecule has 0 bridgehead atoms. The van der Waals surface area contributed by atoms with Crippen molar-refractivity contribution in [1.29, 1.82) is 5.26 Å². The van der Waals surface area contributed by atoms with Crippen molar-refractivity contribution in [3.8, 4) is 6.07 Å². The molecule has 0 saturated carbocycles. The molecular formula is C19H17FIN3O. The van der Waals surface area contributed by atoms with Crippen LogP contribution in [-0.4, -0.2) is 12.5 Å². The molecule has 2 rings (SSSR count). The number of anilines is 1. The van der Waals surface area contributed by atoms with Crippen LogP contribution in [0.15, 0.2) is 54.2 Å². The highest BCUT2D eigenvalue weighted by molar-refractivity contribution is 14.1. The fourth-order valence-corrected chi connectivity index (χ4v) is 2.83. The van der Waals surface area contributed by atoms with E-state index in [1.807, 2.05) is 25.1 Å². The molecule has 0 aliphatic carbocycles. The summed E-state index contributed by atoms with van der Waals surface area (Å²) in [5.74, 6) is -0.745. The molecule has 128 valence electrons. The fraction of sp³-hybridized carbons (Fsp3) is 0.158. The van der Waals surface area contributed by atoms with Crippen LogP contribution < -0.4 is 10.6 Å². The molecule has 0 aliphatic heterocycles. The highest BCUT2D eigenvalue weighted by atomic mass is 127. The zero-order valence-corrected chi connectivity index (χ0v) is 15.8. The lowest BCUT2D eigenvalue weighted by molar-refractivity contribution is -0.112. The van der Waals surface area contributed by atoms with Crippen LogP contribution in [0.25, 0.3) is 0 Å². The van der Waals surface area contributed by atoms with Crippen molar-refractivity contribution in [3.05, 3.63) is 74.8 Å². The minimum absolute atomic E-state index is 0.0357. The van der Waals surface area contributed by atoms with Gasteiger partial charge in [0, 0.05) is 22.0 Å². The number of aryl methyl sites for hydroxylation is 1. The predicted octanol–water partition coefficient (Wildman–Crippen LogP) is 3.92. The summed E-state index contributed by atoms with van der Waals surface area (Å²) in [6.07, 6.45) is 1.82. The number of carbonyl (C=O) groups excluding carboxylic acids is 1. The van der Waals surface area contributed by atoms with Gasteiger partial charge in [-0.25, -0.2) is 4.39 Å². The topological polar surface area (TPSA) is 64.9 Å². The Balaban J connectivity index is 1.94. The van der Waals surface area contributed by atoms with Crippen molar-refractivity contribution in [3.63, 3.8) is 0 Å². The number of hydrogen-bond acceptors (Lipinski definition) is 3. The second-order valence-electron chi connectivity index (χ2n) is 5.38. The number of amides is 1. The molecule has 0 heterocycles. The molecule has 4 nitrogen and oxygen atoms in total. The van der Waals surface area contributed by atoms with Crippen molar-refractivity contribution < 1.29 is 9.18 Å². The van der Waals surface area contributed by atoms with Gasteiger partial charge in [0.15, 0.2) is 0 Å². The van der Waals surface area contributed by atoms with Crippen LogP contribution in [0.2, 0.25) is 0 Å². The Kier molecular flexibility index (Phi) is 6.95. The van der Waals surface area contributed by atoms with E-state index in [1.54, 1.807) is 24.3 Å². The van der Waals surface area contributed by atoms with Crippen molar-refractivity contribution in [2.45, 2.75) is 13.3 Å². The van der Waals surface area contributed by atoms with Crippen molar-refractivity contribution in [2.75, 3.05) is 11.9 Å². The maximum absolute atomic E-state index is 13.5. The molecule has 6 heteroatoms. The largest absolute Gasteiger partial charge is 0.389 e. The van der Waals surface area contributed by atoms with E-state index in [1.165, 1.54) is 12.3 Å². The molecule has 0 aromatic heterocycles. The number of benzene rings is 2. The third-order valence-electron chi connectivity index (χ3n) is 3.54. The molecule has 0 fully saturated rings. The number of nitrogens with zero attached hydrogens (tertiary/aromatic N) is 1. The van der Waals surface area contributed by atoms with E-state index in [-0.39, 0.29) is 11.4 Å². The molecule has 0 radical (unpaired) electrons. The summed E-state index contributed by atoms with van der Waals surface area (Å²) in [7, 11) is 0. The second-order valence-corrected chi connectivity index (χ2v) is 6.62. The minimum atomic E-state index is -0.481. The Morgan fingerprint density at radius 3 is 2.76 bits per heavy atom. The Morgan fingerprint density at radius 2 is 2.08 bits per heavy atom. The van der Waals surface area contributed by atoms with Gasteiger partial charge in [-0.3, -0.25) is 4.79 Å². The highest BCUT2D eigenvalue weighted by Gasteiger charge is 2.10. The van der Waals surface area contributed by atoms with Crippen LogP contribution >= 0.6 is 22.6 Å². The van der Waals surface area contributed by atoms with E-state index < -0.39 is 5.91 Å². The Bertz CT molecular complexity index is 843. The van der Waals surface area contributed by atoms with Gasteiger partial charge in [-0.2, -0.15) is 5.26 Å². The highest BCUT2D eigenvalue weighted by Crippen LogP contribution is 2.18. The van der Waals surface area contributed by atoms with E-state index in [0.29, 0.717) is 24.2 Å². The lowest BCUT2D eigenvalue weighted by Gasteiger charge is -2.08. The van der Waals surface area contributed by atoms with Crippen LogP contribution in [0.1, 0.15) is 11.1 Å². The molecular weight excluding hydrogens is 432 g/mol. The Morgan fingerprint density at radius 1 is 1.32 bits per heavy atom. The van der Waals surface area contributed by atoms with Crippen LogP contribution in [0.3, 0.4) is 0 Å². The SMILES string of the molecule is Cc1cc(I)ccc1NC(=O)/C(C#N)=C\NCCc1ccccc1F. The normalized spacial score (nSPS) is 10.9. The molecule has 0 spiro atoms. The number of nitriles is 1.